The van der Waals surface area contributed by atoms with Crippen LogP contribution in [0, 0.1) is 17.5 Å². The molecule has 0 amide bonds. The van der Waals surface area contributed by atoms with Crippen LogP contribution in [0.2, 0.25) is 5.02 Å². The fraction of sp³-hybridized carbons (Fsp3) is 0.0526. The van der Waals surface area contributed by atoms with Gasteiger partial charge in [0.1, 0.15) is 22.7 Å². The van der Waals surface area contributed by atoms with Crippen LogP contribution in [0.3, 0.4) is 0 Å². The van der Waals surface area contributed by atoms with E-state index in [1.54, 1.807) is 0 Å². The molecule has 1 aromatic heterocycles. The quantitative estimate of drug-likeness (QED) is 0.634. The molecule has 0 aliphatic rings. The molecule has 0 saturated heterocycles. The molecule has 150 valence electrons. The number of carbonyl (C=O) groups is 1. The summed E-state index contributed by atoms with van der Waals surface area (Å²) in [5.74, 6) is -4.83. The van der Waals surface area contributed by atoms with E-state index in [4.69, 9.17) is 16.7 Å². The largest absolute Gasteiger partial charge is 0.478 e. The Morgan fingerprint density at radius 1 is 1.00 bits per heavy atom. The van der Waals surface area contributed by atoms with Gasteiger partial charge >= 0.3 is 5.97 Å². The molecule has 3 aromatic rings. The van der Waals surface area contributed by atoms with Gasteiger partial charge in [0, 0.05) is 16.8 Å². The SMILES string of the molecule is O=C(O)c1cnc(C(c2cc(F)ccc2F)S(=O)(=O)c2ccc(Cl)cc2)c(F)c1. The summed E-state index contributed by atoms with van der Waals surface area (Å²) >= 11 is 5.76. The third-order valence-electron chi connectivity index (χ3n) is 4.06. The molecular weight excluding hydrogens is 431 g/mol. The van der Waals surface area contributed by atoms with Crippen molar-refractivity contribution in [1.29, 1.82) is 0 Å². The lowest BCUT2D eigenvalue weighted by Crippen LogP contribution is -2.20. The number of benzene rings is 2. The highest BCUT2D eigenvalue weighted by Crippen LogP contribution is 2.37. The van der Waals surface area contributed by atoms with E-state index in [0.29, 0.717) is 18.2 Å². The van der Waals surface area contributed by atoms with Crippen molar-refractivity contribution in [1.82, 2.24) is 4.98 Å². The minimum atomic E-state index is -4.53. The smallest absolute Gasteiger partial charge is 0.337 e. The van der Waals surface area contributed by atoms with Crippen molar-refractivity contribution in [3.8, 4) is 0 Å². The van der Waals surface area contributed by atoms with E-state index in [2.05, 4.69) is 4.98 Å². The molecule has 1 N–H and O–H groups in total. The molecule has 0 aliphatic heterocycles. The minimum Gasteiger partial charge on any atom is -0.478 e. The van der Waals surface area contributed by atoms with Crippen LogP contribution in [0.5, 0.6) is 0 Å². The number of pyridine rings is 1. The van der Waals surface area contributed by atoms with Crippen LogP contribution < -0.4 is 0 Å². The van der Waals surface area contributed by atoms with Gasteiger partial charge < -0.3 is 5.11 Å². The molecule has 0 saturated carbocycles. The van der Waals surface area contributed by atoms with Crippen LogP contribution >= 0.6 is 11.6 Å². The van der Waals surface area contributed by atoms with Crippen LogP contribution in [0.1, 0.15) is 26.9 Å². The standard InChI is InChI=1S/C19H11ClF3NO4S/c20-11-1-4-13(5-2-11)29(27,28)18(14-8-12(21)3-6-15(14)22)17-16(23)7-10(9-24-17)19(25)26/h1-9,18H,(H,25,26). The third kappa shape index (κ3) is 4.10. The molecule has 0 aliphatic carbocycles. The predicted molar refractivity (Wildman–Crippen MR) is 98.0 cm³/mol. The molecule has 5 nitrogen and oxygen atoms in total. The van der Waals surface area contributed by atoms with E-state index >= 15 is 0 Å². The van der Waals surface area contributed by atoms with Crippen molar-refractivity contribution in [3.63, 3.8) is 0 Å². The fourth-order valence-electron chi connectivity index (χ4n) is 2.70. The van der Waals surface area contributed by atoms with Gasteiger partial charge in [0.25, 0.3) is 0 Å². The number of carboxylic acids is 1. The van der Waals surface area contributed by atoms with Crippen LogP contribution in [0.15, 0.2) is 59.6 Å². The zero-order chi connectivity index (χ0) is 21.3. The number of carboxylic acid groups (broad SMARTS) is 1. The fourth-order valence-corrected chi connectivity index (χ4v) is 4.59. The highest BCUT2D eigenvalue weighted by Gasteiger charge is 2.36. The molecular formula is C19H11ClF3NO4S. The maximum atomic E-state index is 14.7. The lowest BCUT2D eigenvalue weighted by molar-refractivity contribution is 0.0695. The summed E-state index contributed by atoms with van der Waals surface area (Å²) < 4.78 is 69.3. The second-order valence-corrected chi connectivity index (χ2v) is 8.41. The minimum absolute atomic E-state index is 0.229. The van der Waals surface area contributed by atoms with Crippen molar-refractivity contribution < 1.29 is 31.5 Å². The normalized spacial score (nSPS) is 12.6. The van der Waals surface area contributed by atoms with E-state index in [1.165, 1.54) is 12.1 Å². The van der Waals surface area contributed by atoms with Crippen molar-refractivity contribution in [2.75, 3.05) is 0 Å². The van der Waals surface area contributed by atoms with Gasteiger partial charge in [-0.15, -0.1) is 0 Å². The Morgan fingerprint density at radius 3 is 2.24 bits per heavy atom. The number of rotatable bonds is 5. The zero-order valence-electron chi connectivity index (χ0n) is 14.3. The number of aromatic carboxylic acids is 1. The first kappa shape index (κ1) is 20.8. The number of hydrogen-bond donors (Lipinski definition) is 1. The first-order chi connectivity index (χ1) is 13.6. The second-order valence-electron chi connectivity index (χ2n) is 5.94. The molecule has 0 radical (unpaired) electrons. The van der Waals surface area contributed by atoms with Gasteiger partial charge in [-0.3, -0.25) is 4.98 Å². The number of nitrogens with zero attached hydrogens (tertiary/aromatic N) is 1. The first-order valence-corrected chi connectivity index (χ1v) is 9.87. The van der Waals surface area contributed by atoms with E-state index < -0.39 is 55.3 Å². The average molecular weight is 442 g/mol. The van der Waals surface area contributed by atoms with Gasteiger partial charge in [0.15, 0.2) is 9.84 Å². The molecule has 29 heavy (non-hydrogen) atoms. The highest BCUT2D eigenvalue weighted by atomic mass is 35.5. The summed E-state index contributed by atoms with van der Waals surface area (Å²) in [6, 6.07) is 7.47. The van der Waals surface area contributed by atoms with Crippen molar-refractivity contribution in [2.24, 2.45) is 0 Å². The van der Waals surface area contributed by atoms with E-state index in [9.17, 15) is 26.4 Å². The number of aromatic nitrogens is 1. The Hall–Kier alpha value is -2.91. The van der Waals surface area contributed by atoms with E-state index in [1.807, 2.05) is 0 Å². The Bertz CT molecular complexity index is 1200. The van der Waals surface area contributed by atoms with Crippen molar-refractivity contribution in [3.05, 3.63) is 94.0 Å². The first-order valence-electron chi connectivity index (χ1n) is 7.94. The number of halogens is 4. The molecule has 10 heteroatoms. The Morgan fingerprint density at radius 2 is 1.66 bits per heavy atom. The molecule has 1 heterocycles. The molecule has 0 bridgehead atoms. The molecule has 0 fully saturated rings. The Kier molecular flexibility index (Phi) is 5.63. The van der Waals surface area contributed by atoms with Crippen LogP contribution in [-0.2, 0) is 9.84 Å². The van der Waals surface area contributed by atoms with Crippen molar-refractivity contribution >= 4 is 27.4 Å². The lowest BCUT2D eigenvalue weighted by Gasteiger charge is -2.19. The van der Waals surface area contributed by atoms with E-state index in [-0.39, 0.29) is 9.92 Å². The average Bonchev–Trinajstić information content (AvgIpc) is 2.66. The topological polar surface area (TPSA) is 84.3 Å². The summed E-state index contributed by atoms with van der Waals surface area (Å²) in [6.45, 7) is 0. The van der Waals surface area contributed by atoms with Gasteiger partial charge in [0.2, 0.25) is 0 Å². The Balaban J connectivity index is 2.30. The van der Waals surface area contributed by atoms with Gasteiger partial charge in [-0.2, -0.15) is 0 Å². The van der Waals surface area contributed by atoms with Crippen LogP contribution in [-0.4, -0.2) is 24.5 Å². The van der Waals surface area contributed by atoms with E-state index in [0.717, 1.165) is 24.4 Å². The monoisotopic (exact) mass is 441 g/mol. The van der Waals surface area contributed by atoms with Gasteiger partial charge in [0.05, 0.1) is 16.2 Å². The van der Waals surface area contributed by atoms with Gasteiger partial charge in [-0.25, -0.2) is 26.4 Å². The Labute approximate surface area is 168 Å². The summed E-state index contributed by atoms with van der Waals surface area (Å²) in [7, 11) is -4.53. The molecule has 1 atom stereocenters. The maximum Gasteiger partial charge on any atom is 0.337 e. The summed E-state index contributed by atoms with van der Waals surface area (Å²) in [5, 5.41) is 7.11. The molecule has 0 spiro atoms. The third-order valence-corrected chi connectivity index (χ3v) is 6.34. The van der Waals surface area contributed by atoms with Gasteiger partial charge in [-0.1, -0.05) is 11.6 Å². The van der Waals surface area contributed by atoms with Crippen LogP contribution in [0.4, 0.5) is 13.2 Å². The van der Waals surface area contributed by atoms with Gasteiger partial charge in [-0.05, 0) is 48.5 Å². The highest BCUT2D eigenvalue weighted by molar-refractivity contribution is 7.91. The summed E-state index contributed by atoms with van der Waals surface area (Å²) in [6.07, 6.45) is 0.738. The van der Waals surface area contributed by atoms with Crippen molar-refractivity contribution in [2.45, 2.75) is 10.1 Å². The summed E-state index contributed by atoms with van der Waals surface area (Å²) in [4.78, 5) is 14.3. The zero-order valence-corrected chi connectivity index (χ0v) is 15.9. The lowest BCUT2D eigenvalue weighted by atomic mass is 10.1. The number of sulfone groups is 1. The second kappa shape index (κ2) is 7.84. The van der Waals surface area contributed by atoms with Crippen LogP contribution in [0.25, 0.3) is 0 Å². The molecule has 2 aromatic carbocycles. The molecule has 3 rings (SSSR count). The predicted octanol–water partition coefficient (Wildman–Crippen LogP) is 4.41. The molecule has 1 unspecified atom stereocenters. The maximum absolute atomic E-state index is 14.7. The summed E-state index contributed by atoms with van der Waals surface area (Å²) in [5.41, 5.74) is -1.97. The number of hydrogen-bond acceptors (Lipinski definition) is 4.